The minimum Gasteiger partial charge on any atom is -0.506 e. The SMILES string of the molecule is CCCN1C(=O)C(=Cc2ccc(O)c(Cl)c2)SC1=Nc1ccc(OCC)cc1. The lowest BCUT2D eigenvalue weighted by Crippen LogP contribution is -2.29. The zero-order valence-corrected chi connectivity index (χ0v) is 17.3. The highest BCUT2D eigenvalue weighted by atomic mass is 35.5. The number of carbonyl (C=O) groups excluding carboxylic acids is 1. The number of halogens is 1. The number of phenols is 1. The Bertz CT molecular complexity index is 926. The van der Waals surface area contributed by atoms with Crippen molar-refractivity contribution in [2.24, 2.45) is 4.99 Å². The number of ether oxygens (including phenoxy) is 1. The van der Waals surface area contributed by atoms with Crippen molar-refractivity contribution in [3.63, 3.8) is 0 Å². The molecule has 0 bridgehead atoms. The lowest BCUT2D eigenvalue weighted by molar-refractivity contribution is -0.122. The quantitative estimate of drug-likeness (QED) is 0.635. The van der Waals surface area contributed by atoms with Gasteiger partial charge in [-0.05, 0) is 73.1 Å². The Kier molecular flexibility index (Phi) is 6.65. The fourth-order valence-corrected chi connectivity index (χ4v) is 3.88. The normalized spacial score (nSPS) is 17.0. The van der Waals surface area contributed by atoms with Crippen LogP contribution in [0, 0.1) is 0 Å². The number of hydrogen-bond acceptors (Lipinski definition) is 5. The molecule has 1 aliphatic rings. The molecule has 1 heterocycles. The van der Waals surface area contributed by atoms with Crippen LogP contribution in [-0.2, 0) is 4.79 Å². The third kappa shape index (κ3) is 4.69. The van der Waals surface area contributed by atoms with Gasteiger partial charge >= 0.3 is 0 Å². The van der Waals surface area contributed by atoms with E-state index in [9.17, 15) is 9.90 Å². The number of rotatable bonds is 6. The average molecular weight is 417 g/mol. The van der Waals surface area contributed by atoms with Crippen molar-refractivity contribution in [1.29, 1.82) is 0 Å². The summed E-state index contributed by atoms with van der Waals surface area (Å²) in [5, 5.41) is 10.5. The zero-order valence-electron chi connectivity index (χ0n) is 15.7. The van der Waals surface area contributed by atoms with Gasteiger partial charge in [-0.1, -0.05) is 24.6 Å². The van der Waals surface area contributed by atoms with Crippen molar-refractivity contribution in [3.05, 3.63) is 58.0 Å². The standard InChI is InChI=1S/C21H21ClN2O3S/c1-3-11-24-20(26)19(13-14-5-10-18(25)17(22)12-14)28-21(24)23-15-6-8-16(9-7-15)27-4-2/h5-10,12-13,25H,3-4,11H2,1-2H3. The Morgan fingerprint density at radius 1 is 1.21 bits per heavy atom. The van der Waals surface area contributed by atoms with Gasteiger partial charge in [-0.15, -0.1) is 0 Å². The summed E-state index contributed by atoms with van der Waals surface area (Å²) in [4.78, 5) is 19.8. The van der Waals surface area contributed by atoms with Crippen molar-refractivity contribution < 1.29 is 14.6 Å². The molecule has 1 fully saturated rings. The minimum absolute atomic E-state index is 0.0135. The summed E-state index contributed by atoms with van der Waals surface area (Å²) in [5.41, 5.74) is 1.51. The highest BCUT2D eigenvalue weighted by Crippen LogP contribution is 2.35. The zero-order chi connectivity index (χ0) is 20.1. The number of aliphatic imine (C=N–C) groups is 1. The maximum atomic E-state index is 12.8. The first kappa shape index (κ1) is 20.3. The molecule has 0 unspecified atom stereocenters. The van der Waals surface area contributed by atoms with Gasteiger partial charge in [-0.2, -0.15) is 0 Å². The number of benzene rings is 2. The van der Waals surface area contributed by atoms with Crippen LogP contribution in [-0.4, -0.2) is 34.2 Å². The second kappa shape index (κ2) is 9.17. The van der Waals surface area contributed by atoms with E-state index in [4.69, 9.17) is 16.3 Å². The largest absolute Gasteiger partial charge is 0.506 e. The van der Waals surface area contributed by atoms with E-state index in [2.05, 4.69) is 4.99 Å². The number of carbonyl (C=O) groups is 1. The fourth-order valence-electron chi connectivity index (χ4n) is 2.67. The number of amides is 1. The number of hydrogen-bond donors (Lipinski definition) is 1. The maximum Gasteiger partial charge on any atom is 0.266 e. The van der Waals surface area contributed by atoms with Crippen LogP contribution in [0.5, 0.6) is 11.5 Å². The maximum absolute atomic E-state index is 12.8. The van der Waals surface area contributed by atoms with E-state index in [1.54, 1.807) is 23.1 Å². The number of nitrogens with zero attached hydrogens (tertiary/aromatic N) is 2. The Balaban J connectivity index is 1.89. The molecule has 5 nitrogen and oxygen atoms in total. The molecule has 2 aromatic rings. The molecule has 7 heteroatoms. The molecule has 1 amide bonds. The van der Waals surface area contributed by atoms with Crippen LogP contribution in [0.2, 0.25) is 5.02 Å². The summed E-state index contributed by atoms with van der Waals surface area (Å²) in [6.45, 7) is 5.16. The summed E-state index contributed by atoms with van der Waals surface area (Å²) < 4.78 is 5.45. The minimum atomic E-state index is -0.0827. The molecule has 0 radical (unpaired) electrons. The van der Waals surface area contributed by atoms with Crippen LogP contribution in [0.15, 0.2) is 52.4 Å². The highest BCUT2D eigenvalue weighted by Gasteiger charge is 2.32. The van der Waals surface area contributed by atoms with Crippen LogP contribution in [0.3, 0.4) is 0 Å². The van der Waals surface area contributed by atoms with Crippen molar-refractivity contribution in [2.45, 2.75) is 20.3 Å². The van der Waals surface area contributed by atoms with E-state index in [0.29, 0.717) is 23.2 Å². The molecule has 0 atom stereocenters. The molecule has 2 aromatic carbocycles. The predicted octanol–water partition coefficient (Wildman–Crippen LogP) is 5.46. The van der Waals surface area contributed by atoms with E-state index in [0.717, 1.165) is 23.4 Å². The van der Waals surface area contributed by atoms with Gasteiger partial charge in [-0.25, -0.2) is 4.99 Å². The summed E-state index contributed by atoms with van der Waals surface area (Å²) in [7, 11) is 0. The van der Waals surface area contributed by atoms with Gasteiger partial charge in [0.2, 0.25) is 0 Å². The van der Waals surface area contributed by atoms with Gasteiger partial charge in [0.15, 0.2) is 5.17 Å². The lowest BCUT2D eigenvalue weighted by atomic mass is 10.2. The van der Waals surface area contributed by atoms with Crippen molar-refractivity contribution in [2.75, 3.05) is 13.2 Å². The molecule has 0 aromatic heterocycles. The molecule has 3 rings (SSSR count). The molecule has 0 spiro atoms. The molecule has 1 N–H and O–H groups in total. The van der Waals surface area contributed by atoms with E-state index < -0.39 is 0 Å². The van der Waals surface area contributed by atoms with Crippen LogP contribution >= 0.6 is 23.4 Å². The first-order chi connectivity index (χ1) is 13.5. The van der Waals surface area contributed by atoms with Crippen LogP contribution in [0.4, 0.5) is 5.69 Å². The topological polar surface area (TPSA) is 62.1 Å². The Labute approximate surface area is 173 Å². The third-order valence-electron chi connectivity index (χ3n) is 3.98. The molecular formula is C21H21ClN2O3S. The summed E-state index contributed by atoms with van der Waals surface area (Å²) in [6.07, 6.45) is 2.59. The van der Waals surface area contributed by atoms with Crippen LogP contribution in [0.25, 0.3) is 6.08 Å². The van der Waals surface area contributed by atoms with Crippen molar-refractivity contribution in [3.8, 4) is 11.5 Å². The van der Waals surface area contributed by atoms with Gasteiger partial charge < -0.3 is 9.84 Å². The Morgan fingerprint density at radius 2 is 1.96 bits per heavy atom. The van der Waals surface area contributed by atoms with Crippen molar-refractivity contribution >= 4 is 46.2 Å². The third-order valence-corrected chi connectivity index (χ3v) is 5.29. The average Bonchev–Trinajstić information content (AvgIpc) is 2.96. The second-order valence-electron chi connectivity index (χ2n) is 6.10. The van der Waals surface area contributed by atoms with Gasteiger partial charge in [-0.3, -0.25) is 9.69 Å². The molecular weight excluding hydrogens is 396 g/mol. The van der Waals surface area contributed by atoms with E-state index in [-0.39, 0.29) is 16.7 Å². The van der Waals surface area contributed by atoms with Gasteiger partial charge in [0, 0.05) is 6.54 Å². The smallest absolute Gasteiger partial charge is 0.266 e. The van der Waals surface area contributed by atoms with Crippen molar-refractivity contribution in [1.82, 2.24) is 4.90 Å². The van der Waals surface area contributed by atoms with E-state index in [1.807, 2.05) is 38.1 Å². The second-order valence-corrected chi connectivity index (χ2v) is 7.52. The highest BCUT2D eigenvalue weighted by molar-refractivity contribution is 8.18. The number of amidine groups is 1. The summed E-state index contributed by atoms with van der Waals surface area (Å²) in [5.74, 6) is 0.720. The van der Waals surface area contributed by atoms with E-state index in [1.165, 1.54) is 17.8 Å². The molecule has 0 saturated carbocycles. The summed E-state index contributed by atoms with van der Waals surface area (Å²) >= 11 is 7.30. The monoisotopic (exact) mass is 416 g/mol. The lowest BCUT2D eigenvalue weighted by Gasteiger charge is -2.14. The van der Waals surface area contributed by atoms with Crippen LogP contribution in [0.1, 0.15) is 25.8 Å². The molecule has 1 saturated heterocycles. The number of aromatic hydroxyl groups is 1. The summed E-state index contributed by atoms with van der Waals surface area (Å²) in [6, 6.07) is 12.3. The first-order valence-electron chi connectivity index (χ1n) is 9.03. The molecule has 28 heavy (non-hydrogen) atoms. The van der Waals surface area contributed by atoms with Gasteiger partial charge in [0.1, 0.15) is 11.5 Å². The molecule has 0 aliphatic carbocycles. The Morgan fingerprint density at radius 3 is 2.61 bits per heavy atom. The van der Waals surface area contributed by atoms with Crippen LogP contribution < -0.4 is 4.74 Å². The van der Waals surface area contributed by atoms with Gasteiger partial charge in [0.05, 0.1) is 22.2 Å². The number of phenolic OH excluding ortho intramolecular Hbond substituents is 1. The fraction of sp³-hybridized carbons (Fsp3) is 0.238. The predicted molar refractivity (Wildman–Crippen MR) is 115 cm³/mol. The molecule has 1 aliphatic heterocycles. The molecule has 146 valence electrons. The van der Waals surface area contributed by atoms with E-state index >= 15 is 0 Å². The first-order valence-corrected chi connectivity index (χ1v) is 10.2. The Hall–Kier alpha value is -2.44. The number of thioether (sulfide) groups is 1. The van der Waals surface area contributed by atoms with Gasteiger partial charge in [0.25, 0.3) is 5.91 Å².